The van der Waals surface area contributed by atoms with Crippen molar-refractivity contribution in [2.45, 2.75) is 76.8 Å². The van der Waals surface area contributed by atoms with Crippen LogP contribution in [0.25, 0.3) is 11.3 Å². The first-order valence-corrected chi connectivity index (χ1v) is 17.8. The van der Waals surface area contributed by atoms with Gasteiger partial charge in [-0.05, 0) is 64.7 Å². The smallest absolute Gasteiger partial charge is 0.255 e. The van der Waals surface area contributed by atoms with Gasteiger partial charge in [0.2, 0.25) is 10.0 Å². The quantitative estimate of drug-likeness (QED) is 0.467. The second-order valence-corrected chi connectivity index (χ2v) is 17.4. The maximum Gasteiger partial charge on any atom is 0.255 e. The van der Waals surface area contributed by atoms with Crippen molar-refractivity contribution in [1.82, 2.24) is 14.2 Å². The molecule has 220 valence electrons. The molecular weight excluding hydrogens is 593 g/mol. The molecule has 3 fully saturated rings. The Kier molecular flexibility index (Phi) is 7.69. The molecule has 5 rings (SSSR count). The average molecular weight is 631 g/mol. The van der Waals surface area contributed by atoms with Crippen molar-refractivity contribution in [2.75, 3.05) is 24.6 Å². The molecule has 3 heterocycles. The number of halogens is 2. The number of aromatic nitrogens is 1. The zero-order valence-electron chi connectivity index (χ0n) is 23.4. The lowest BCUT2D eigenvalue weighted by atomic mass is 9.82. The second-order valence-electron chi connectivity index (χ2n) is 12.9. The summed E-state index contributed by atoms with van der Waals surface area (Å²) in [4.78, 5) is 15.2. The van der Waals surface area contributed by atoms with Crippen LogP contribution in [0.15, 0.2) is 23.1 Å². The zero-order valence-corrected chi connectivity index (χ0v) is 26.5. The molecule has 1 N–H and O–H groups in total. The molecule has 1 aromatic heterocycles. The van der Waals surface area contributed by atoms with Crippen molar-refractivity contribution in [2.24, 2.45) is 11.3 Å². The number of amides is 1. The number of nitrogens with one attached hydrogen (secondary N) is 1. The zero-order chi connectivity index (χ0) is 29.3. The van der Waals surface area contributed by atoms with Gasteiger partial charge in [-0.25, -0.2) is 21.6 Å². The minimum atomic E-state index is -3.92. The van der Waals surface area contributed by atoms with E-state index in [1.165, 1.54) is 25.3 Å². The summed E-state index contributed by atoms with van der Waals surface area (Å²) in [5.41, 5.74) is 1.63. The minimum absolute atomic E-state index is 0.0669. The van der Waals surface area contributed by atoms with E-state index < -0.39 is 25.4 Å². The highest BCUT2D eigenvalue weighted by Gasteiger charge is 2.57. The molecule has 40 heavy (non-hydrogen) atoms. The summed E-state index contributed by atoms with van der Waals surface area (Å²) in [6, 6.07) is 4.94. The SMILES string of the molecule is Cc1c(C(=O)N2CC3(C2)CS(=O)(=O)C3)cc(-c2ccc(S(=O)(=O)NC(C)(C)C)c(Cl)c2Cl)n1CC1CCCCC1. The Balaban J connectivity index is 1.51. The number of sulfonamides is 1. The number of hydrogen-bond donors (Lipinski definition) is 1. The first-order chi connectivity index (χ1) is 18.5. The number of carbonyl (C=O) groups is 1. The average Bonchev–Trinajstić information content (AvgIpc) is 3.11. The largest absolute Gasteiger partial charge is 0.344 e. The molecule has 0 unspecified atom stereocenters. The van der Waals surface area contributed by atoms with Crippen molar-refractivity contribution in [3.05, 3.63) is 39.5 Å². The maximum atomic E-state index is 13.6. The first kappa shape index (κ1) is 29.9. The molecule has 12 heteroatoms. The summed E-state index contributed by atoms with van der Waals surface area (Å²) in [6.07, 6.45) is 5.78. The van der Waals surface area contributed by atoms with Crippen molar-refractivity contribution in [3.8, 4) is 11.3 Å². The molecule has 0 radical (unpaired) electrons. The van der Waals surface area contributed by atoms with Gasteiger partial charge in [0.15, 0.2) is 9.84 Å². The molecule has 2 aliphatic heterocycles. The summed E-state index contributed by atoms with van der Waals surface area (Å²) >= 11 is 13.4. The van der Waals surface area contributed by atoms with Crippen molar-refractivity contribution < 1.29 is 21.6 Å². The van der Waals surface area contributed by atoms with Gasteiger partial charge in [-0.1, -0.05) is 42.5 Å². The van der Waals surface area contributed by atoms with Gasteiger partial charge in [-0.15, -0.1) is 0 Å². The Morgan fingerprint density at radius 2 is 1.70 bits per heavy atom. The van der Waals surface area contributed by atoms with Crippen molar-refractivity contribution >= 4 is 49.0 Å². The lowest BCUT2D eigenvalue weighted by Crippen LogP contribution is -2.69. The Hall–Kier alpha value is -1.59. The monoisotopic (exact) mass is 629 g/mol. The molecule has 1 amide bonds. The molecule has 0 bridgehead atoms. The molecule has 2 saturated heterocycles. The minimum Gasteiger partial charge on any atom is -0.344 e. The van der Waals surface area contributed by atoms with E-state index in [-0.39, 0.29) is 37.8 Å². The third-order valence-corrected chi connectivity index (χ3v) is 13.1. The van der Waals surface area contributed by atoms with Gasteiger partial charge in [0.25, 0.3) is 5.91 Å². The summed E-state index contributed by atoms with van der Waals surface area (Å²) in [5.74, 6) is 0.611. The molecule has 2 aromatic rings. The van der Waals surface area contributed by atoms with Crippen LogP contribution in [0.4, 0.5) is 0 Å². The number of hydrogen-bond acceptors (Lipinski definition) is 5. The molecule has 3 aliphatic rings. The van der Waals surface area contributed by atoms with Crippen molar-refractivity contribution in [3.63, 3.8) is 0 Å². The van der Waals surface area contributed by atoms with E-state index in [0.29, 0.717) is 35.8 Å². The van der Waals surface area contributed by atoms with Crippen LogP contribution in [-0.4, -0.2) is 62.3 Å². The Morgan fingerprint density at radius 3 is 2.27 bits per heavy atom. The van der Waals surface area contributed by atoms with Crippen LogP contribution in [0, 0.1) is 18.3 Å². The van der Waals surface area contributed by atoms with Gasteiger partial charge in [0, 0.05) is 41.8 Å². The van der Waals surface area contributed by atoms with Gasteiger partial charge in [0.1, 0.15) is 4.90 Å². The van der Waals surface area contributed by atoms with Gasteiger partial charge < -0.3 is 9.47 Å². The van der Waals surface area contributed by atoms with E-state index in [4.69, 9.17) is 23.2 Å². The maximum absolute atomic E-state index is 13.6. The standard InChI is InChI=1S/C28H37Cl2N3O5S2/c1-18-21(26(34)32-14-28(15-32)16-39(35,36)17-28)12-22(33(18)13-19-8-6-5-7-9-19)20-10-11-23(25(30)24(20)29)40(37,38)31-27(2,3)4/h10-12,19,31H,5-9,13-17H2,1-4H3. The molecule has 1 aromatic carbocycles. The molecular formula is C28H37Cl2N3O5S2. The van der Waals surface area contributed by atoms with E-state index in [0.717, 1.165) is 25.1 Å². The molecule has 1 spiro atoms. The number of benzene rings is 1. The van der Waals surface area contributed by atoms with Crippen LogP contribution in [0.2, 0.25) is 10.0 Å². The predicted molar refractivity (Wildman–Crippen MR) is 158 cm³/mol. The molecule has 8 nitrogen and oxygen atoms in total. The lowest BCUT2D eigenvalue weighted by molar-refractivity contribution is 0.0201. The van der Waals surface area contributed by atoms with Gasteiger partial charge in [-0.2, -0.15) is 0 Å². The highest BCUT2D eigenvalue weighted by molar-refractivity contribution is 7.92. The van der Waals surface area contributed by atoms with Crippen LogP contribution < -0.4 is 4.72 Å². The van der Waals surface area contributed by atoms with Crippen molar-refractivity contribution in [1.29, 1.82) is 0 Å². The Labute approximate surface area is 247 Å². The van der Waals surface area contributed by atoms with Crippen LogP contribution in [0.5, 0.6) is 0 Å². The number of sulfone groups is 1. The highest BCUT2D eigenvalue weighted by atomic mass is 35.5. The predicted octanol–water partition coefficient (Wildman–Crippen LogP) is 5.30. The topological polar surface area (TPSA) is 106 Å². The van der Waals surface area contributed by atoms with Crippen LogP contribution >= 0.6 is 23.2 Å². The Morgan fingerprint density at radius 1 is 1.07 bits per heavy atom. The van der Waals surface area contributed by atoms with E-state index in [9.17, 15) is 21.6 Å². The molecule has 0 atom stereocenters. The number of carbonyl (C=O) groups excluding carboxylic acids is 1. The molecule has 1 saturated carbocycles. The second kappa shape index (κ2) is 10.3. The first-order valence-electron chi connectivity index (χ1n) is 13.7. The lowest BCUT2D eigenvalue weighted by Gasteiger charge is -2.54. The normalized spacial score (nSPS) is 20.8. The van der Waals surface area contributed by atoms with E-state index in [1.54, 1.807) is 31.7 Å². The number of likely N-dealkylation sites (tertiary alicyclic amines) is 1. The van der Waals surface area contributed by atoms with E-state index in [1.807, 2.05) is 13.0 Å². The van der Waals surface area contributed by atoms with Gasteiger partial charge in [-0.3, -0.25) is 4.79 Å². The third-order valence-electron chi connectivity index (χ3n) is 8.21. The summed E-state index contributed by atoms with van der Waals surface area (Å²) in [5, 5.41) is 0.0464. The molecule has 1 aliphatic carbocycles. The Bertz CT molecular complexity index is 1550. The van der Waals surface area contributed by atoms with Crippen LogP contribution in [0.3, 0.4) is 0 Å². The summed E-state index contributed by atoms with van der Waals surface area (Å²) in [6.45, 7) is 8.76. The fourth-order valence-corrected chi connectivity index (χ4v) is 10.9. The highest BCUT2D eigenvalue weighted by Crippen LogP contribution is 2.44. The summed E-state index contributed by atoms with van der Waals surface area (Å²) in [7, 11) is -6.90. The number of nitrogens with zero attached hydrogens (tertiary/aromatic N) is 2. The van der Waals surface area contributed by atoms with E-state index in [2.05, 4.69) is 9.29 Å². The number of rotatable bonds is 6. The van der Waals surface area contributed by atoms with Crippen LogP contribution in [0.1, 0.15) is 68.9 Å². The summed E-state index contributed by atoms with van der Waals surface area (Å²) < 4.78 is 54.3. The fraction of sp³-hybridized carbons (Fsp3) is 0.607. The van der Waals surface area contributed by atoms with Crippen LogP contribution in [-0.2, 0) is 26.4 Å². The van der Waals surface area contributed by atoms with Gasteiger partial charge >= 0.3 is 0 Å². The fourth-order valence-electron chi connectivity index (χ4n) is 6.49. The van der Waals surface area contributed by atoms with E-state index >= 15 is 0 Å². The third kappa shape index (κ3) is 5.71. The van der Waals surface area contributed by atoms with Gasteiger partial charge in [0.05, 0.1) is 32.8 Å².